The van der Waals surface area contributed by atoms with E-state index in [1.54, 1.807) is 6.07 Å². The molecule has 0 atom stereocenters. The molecule has 0 spiro atoms. The predicted molar refractivity (Wildman–Crippen MR) is 123 cm³/mol. The summed E-state index contributed by atoms with van der Waals surface area (Å²) < 4.78 is 6.96. The summed E-state index contributed by atoms with van der Waals surface area (Å²) in [6.07, 6.45) is 0. The first-order chi connectivity index (χ1) is 15.2. The zero-order valence-corrected chi connectivity index (χ0v) is 17.7. The lowest BCUT2D eigenvalue weighted by Crippen LogP contribution is -2.13. The summed E-state index contributed by atoms with van der Waals surface area (Å²) in [4.78, 5) is 17.1. The van der Waals surface area contributed by atoms with Crippen LogP contribution in [0.15, 0.2) is 92.7 Å². The molecule has 148 valence electrons. The number of rotatable bonds is 3. The Morgan fingerprint density at radius 3 is 2.29 bits per heavy atom. The van der Waals surface area contributed by atoms with Gasteiger partial charge in [-0.15, -0.1) is 0 Å². The van der Waals surface area contributed by atoms with Crippen molar-refractivity contribution in [3.8, 4) is 28.5 Å². The average Bonchev–Trinajstić information content (AvgIpc) is 3.32. The number of halogens is 1. The Bertz CT molecular complexity index is 1380. The first-order valence-electron chi connectivity index (χ1n) is 9.53. The van der Waals surface area contributed by atoms with Crippen LogP contribution in [0.5, 0.6) is 0 Å². The molecule has 5 rings (SSSR count). The lowest BCUT2D eigenvalue weighted by Gasteiger charge is -2.03. The average molecular weight is 468 g/mol. The maximum Gasteiger partial charge on any atom is 0.275 e. The van der Waals surface area contributed by atoms with Crippen molar-refractivity contribution in [2.75, 3.05) is 5.32 Å². The third-order valence-electron chi connectivity index (χ3n) is 5.01. The van der Waals surface area contributed by atoms with Crippen molar-refractivity contribution >= 4 is 39.1 Å². The van der Waals surface area contributed by atoms with Crippen LogP contribution in [0.4, 0.5) is 11.6 Å². The number of carbonyl (C=O) groups excluding carboxylic acids is 1. The van der Waals surface area contributed by atoms with Gasteiger partial charge in [0.1, 0.15) is 23.1 Å². The van der Waals surface area contributed by atoms with Crippen molar-refractivity contribution in [1.29, 1.82) is 5.26 Å². The molecule has 0 bridgehead atoms. The van der Waals surface area contributed by atoms with Gasteiger partial charge in [0, 0.05) is 21.2 Å². The van der Waals surface area contributed by atoms with E-state index in [1.807, 2.05) is 72.8 Å². The van der Waals surface area contributed by atoms with E-state index in [2.05, 4.69) is 32.3 Å². The van der Waals surface area contributed by atoms with E-state index in [-0.39, 0.29) is 23.1 Å². The normalized spacial score (nSPS) is 13.7. The second-order valence-corrected chi connectivity index (χ2v) is 7.85. The highest BCUT2D eigenvalue weighted by molar-refractivity contribution is 9.10. The molecule has 1 aromatic heterocycles. The Morgan fingerprint density at radius 1 is 0.935 bits per heavy atom. The number of carbonyl (C=O) groups is 1. The van der Waals surface area contributed by atoms with Crippen LogP contribution in [0.3, 0.4) is 0 Å². The second-order valence-electron chi connectivity index (χ2n) is 6.93. The van der Waals surface area contributed by atoms with E-state index in [4.69, 9.17) is 4.42 Å². The van der Waals surface area contributed by atoms with Crippen molar-refractivity contribution in [2.45, 2.75) is 0 Å². The van der Waals surface area contributed by atoms with E-state index in [0.717, 1.165) is 15.6 Å². The molecule has 6 heteroatoms. The molecule has 0 radical (unpaired) electrons. The largest absolute Gasteiger partial charge is 0.436 e. The van der Waals surface area contributed by atoms with Crippen LogP contribution < -0.4 is 5.32 Å². The van der Waals surface area contributed by atoms with Gasteiger partial charge in [0.25, 0.3) is 5.91 Å². The van der Waals surface area contributed by atoms with Gasteiger partial charge < -0.3 is 9.73 Å². The fourth-order valence-corrected chi connectivity index (χ4v) is 3.97. The Kier molecular flexibility index (Phi) is 4.73. The first kappa shape index (κ1) is 19.0. The van der Waals surface area contributed by atoms with Gasteiger partial charge in [-0.1, -0.05) is 76.6 Å². The molecule has 3 aromatic carbocycles. The maximum atomic E-state index is 12.6. The molecule has 31 heavy (non-hydrogen) atoms. The topological polar surface area (TPSA) is 78.4 Å². The molecule has 1 amide bonds. The summed E-state index contributed by atoms with van der Waals surface area (Å²) in [5.41, 5.74) is 4.14. The number of anilines is 1. The van der Waals surface area contributed by atoms with E-state index >= 15 is 0 Å². The summed E-state index contributed by atoms with van der Waals surface area (Å²) >= 11 is 3.43. The van der Waals surface area contributed by atoms with Gasteiger partial charge in [-0.25, -0.2) is 4.99 Å². The zero-order valence-electron chi connectivity index (χ0n) is 16.1. The lowest BCUT2D eigenvalue weighted by molar-refractivity contribution is -0.110. The predicted octanol–water partition coefficient (Wildman–Crippen LogP) is 6.32. The minimum atomic E-state index is -0.337. The van der Waals surface area contributed by atoms with Gasteiger partial charge in [-0.05, 0) is 23.8 Å². The summed E-state index contributed by atoms with van der Waals surface area (Å²) in [7, 11) is 0. The zero-order chi connectivity index (χ0) is 21.4. The van der Waals surface area contributed by atoms with Crippen molar-refractivity contribution in [1.82, 2.24) is 0 Å². The molecule has 5 nitrogen and oxygen atoms in total. The summed E-state index contributed by atoms with van der Waals surface area (Å²) in [6.45, 7) is 0. The Balaban J connectivity index is 1.76. The number of amides is 1. The van der Waals surface area contributed by atoms with E-state index in [1.165, 1.54) is 0 Å². The molecule has 0 aliphatic carbocycles. The number of aliphatic imine (C=N–C) groups is 1. The third-order valence-corrected chi connectivity index (χ3v) is 5.51. The number of fused-ring (bicyclic) bond motifs is 1. The van der Waals surface area contributed by atoms with Crippen molar-refractivity contribution in [3.05, 3.63) is 94.5 Å². The number of hydrogen-bond donors (Lipinski definition) is 1. The SMILES string of the molecule is N#Cc1c(N=C2C(=O)Nc3ccc(Br)cc32)oc(-c2ccccc2)c1-c1ccccc1. The van der Waals surface area contributed by atoms with Crippen LogP contribution in [-0.4, -0.2) is 11.6 Å². The van der Waals surface area contributed by atoms with E-state index < -0.39 is 0 Å². The van der Waals surface area contributed by atoms with Gasteiger partial charge >= 0.3 is 0 Å². The standard InChI is InChI=1S/C25H14BrN3O2/c26-17-11-12-20-18(13-17)22(24(30)28-20)29-25-19(14-27)21(15-7-3-1-4-8-15)23(31-25)16-9-5-2-6-10-16/h1-13H,(H,28,29,30). The third kappa shape index (κ3) is 3.35. The molecule has 0 saturated heterocycles. The molecule has 4 aromatic rings. The van der Waals surface area contributed by atoms with E-state index in [9.17, 15) is 10.1 Å². The van der Waals surface area contributed by atoms with Crippen LogP contribution in [-0.2, 0) is 4.79 Å². The Labute approximate surface area is 186 Å². The maximum absolute atomic E-state index is 12.6. The number of furan rings is 1. The number of hydrogen-bond acceptors (Lipinski definition) is 4. The molecular formula is C25H14BrN3O2. The number of benzene rings is 3. The molecule has 2 heterocycles. The lowest BCUT2D eigenvalue weighted by atomic mass is 9.98. The van der Waals surface area contributed by atoms with Gasteiger partial charge in [0.2, 0.25) is 5.88 Å². The van der Waals surface area contributed by atoms with Crippen LogP contribution in [0.1, 0.15) is 11.1 Å². The summed E-state index contributed by atoms with van der Waals surface area (Å²) in [5.74, 6) is 0.310. The smallest absolute Gasteiger partial charge is 0.275 e. The highest BCUT2D eigenvalue weighted by Crippen LogP contribution is 2.43. The summed E-state index contributed by atoms with van der Waals surface area (Å²) in [6, 6.07) is 26.8. The van der Waals surface area contributed by atoms with Crippen LogP contribution in [0, 0.1) is 11.3 Å². The highest BCUT2D eigenvalue weighted by atomic mass is 79.9. The molecule has 1 aliphatic heterocycles. The van der Waals surface area contributed by atoms with Crippen molar-refractivity contribution < 1.29 is 9.21 Å². The molecule has 0 saturated carbocycles. The van der Waals surface area contributed by atoms with Crippen LogP contribution in [0.25, 0.3) is 22.5 Å². The Morgan fingerprint density at radius 2 is 1.61 bits per heavy atom. The Hall–Kier alpha value is -3.95. The molecule has 0 unspecified atom stereocenters. The van der Waals surface area contributed by atoms with Gasteiger partial charge in [0.05, 0.1) is 5.69 Å². The minimum absolute atomic E-state index is 0.109. The first-order valence-corrected chi connectivity index (χ1v) is 10.3. The number of nitrogens with one attached hydrogen (secondary N) is 1. The summed E-state index contributed by atoms with van der Waals surface area (Å²) in [5, 5.41) is 12.8. The monoisotopic (exact) mass is 467 g/mol. The van der Waals surface area contributed by atoms with E-state index in [0.29, 0.717) is 22.6 Å². The van der Waals surface area contributed by atoms with Gasteiger partial charge in [0.15, 0.2) is 0 Å². The van der Waals surface area contributed by atoms with Crippen molar-refractivity contribution in [2.24, 2.45) is 4.99 Å². The fourth-order valence-electron chi connectivity index (χ4n) is 3.61. The molecule has 0 fully saturated rings. The quantitative estimate of drug-likeness (QED) is 0.382. The minimum Gasteiger partial charge on any atom is -0.436 e. The second kappa shape index (κ2) is 7.71. The van der Waals surface area contributed by atoms with Gasteiger partial charge in [-0.3, -0.25) is 4.79 Å². The van der Waals surface area contributed by atoms with Crippen LogP contribution in [0.2, 0.25) is 0 Å². The number of nitriles is 1. The van der Waals surface area contributed by atoms with Crippen LogP contribution >= 0.6 is 15.9 Å². The van der Waals surface area contributed by atoms with Gasteiger partial charge in [-0.2, -0.15) is 5.26 Å². The number of nitrogens with zero attached hydrogens (tertiary/aromatic N) is 2. The fraction of sp³-hybridized carbons (Fsp3) is 0. The molecule has 1 N–H and O–H groups in total. The van der Waals surface area contributed by atoms with Crippen molar-refractivity contribution in [3.63, 3.8) is 0 Å². The molecule has 1 aliphatic rings. The molecular weight excluding hydrogens is 454 g/mol. The highest BCUT2D eigenvalue weighted by Gasteiger charge is 2.29.